The molecule has 1 aromatic heterocycles. The molecule has 4 rings (SSSR count). The van der Waals surface area contributed by atoms with E-state index < -0.39 is 0 Å². The number of fused-ring (bicyclic) bond motifs is 1. The van der Waals surface area contributed by atoms with E-state index in [-0.39, 0.29) is 11.7 Å². The molecule has 1 saturated heterocycles. The number of anilines is 1. The minimum absolute atomic E-state index is 0.110. The summed E-state index contributed by atoms with van der Waals surface area (Å²) in [5.41, 5.74) is 2.75. The summed E-state index contributed by atoms with van der Waals surface area (Å²) in [6, 6.07) is 12.3. The Morgan fingerprint density at radius 3 is 2.69 bits per heavy atom. The highest BCUT2D eigenvalue weighted by Crippen LogP contribution is 2.30. The maximum atomic E-state index is 13.3. The van der Waals surface area contributed by atoms with Crippen LogP contribution in [-0.4, -0.2) is 42.0 Å². The fourth-order valence-electron chi connectivity index (χ4n) is 3.22. The summed E-state index contributed by atoms with van der Waals surface area (Å²) in [6.07, 6.45) is 1.02. The van der Waals surface area contributed by atoms with Gasteiger partial charge in [0.25, 0.3) is 5.91 Å². The van der Waals surface area contributed by atoms with Crippen molar-refractivity contribution in [3.8, 4) is 0 Å². The van der Waals surface area contributed by atoms with Gasteiger partial charge in [-0.15, -0.1) is 0 Å². The summed E-state index contributed by atoms with van der Waals surface area (Å²) in [5, 5.41) is 1.01. The third-order valence-corrected chi connectivity index (χ3v) is 5.84. The number of benzene rings is 2. The van der Waals surface area contributed by atoms with Crippen LogP contribution in [0.3, 0.4) is 0 Å². The highest BCUT2D eigenvalue weighted by molar-refractivity contribution is 7.22. The Bertz CT molecular complexity index is 947. The maximum Gasteiger partial charge on any atom is 0.254 e. The number of carbonyl (C=O) groups is 1. The first-order chi connectivity index (χ1) is 12.6. The fourth-order valence-corrected chi connectivity index (χ4v) is 4.30. The lowest BCUT2D eigenvalue weighted by molar-refractivity contribution is 0.0746. The molecule has 0 saturated carbocycles. The summed E-state index contributed by atoms with van der Waals surface area (Å²) in [7, 11) is 0. The van der Waals surface area contributed by atoms with E-state index in [1.807, 2.05) is 0 Å². The molecular formula is C20H20FN3OS. The van der Waals surface area contributed by atoms with E-state index in [1.165, 1.54) is 22.4 Å². The summed E-state index contributed by atoms with van der Waals surface area (Å²) in [5.74, 6) is -0.489. The smallest absolute Gasteiger partial charge is 0.254 e. The van der Waals surface area contributed by atoms with Crippen LogP contribution in [0.15, 0.2) is 42.5 Å². The van der Waals surface area contributed by atoms with Crippen LogP contribution >= 0.6 is 11.3 Å². The van der Waals surface area contributed by atoms with Gasteiger partial charge in [0.05, 0.1) is 10.2 Å². The SMILES string of the molecule is CCc1ccc2nc(N3CCN(C(=O)c4cccc(F)c4)CC3)sc2c1. The van der Waals surface area contributed by atoms with Gasteiger partial charge in [-0.2, -0.15) is 0 Å². The van der Waals surface area contributed by atoms with Crippen molar-refractivity contribution >= 4 is 32.6 Å². The zero-order chi connectivity index (χ0) is 18.1. The van der Waals surface area contributed by atoms with E-state index in [0.29, 0.717) is 18.7 Å². The third kappa shape index (κ3) is 3.29. The Hall–Kier alpha value is -2.47. The fraction of sp³-hybridized carbons (Fsp3) is 0.300. The van der Waals surface area contributed by atoms with Crippen molar-refractivity contribution in [1.82, 2.24) is 9.88 Å². The highest BCUT2D eigenvalue weighted by Gasteiger charge is 2.24. The Kier molecular flexibility index (Phi) is 4.59. The number of carbonyl (C=O) groups excluding carboxylic acids is 1. The van der Waals surface area contributed by atoms with Crippen molar-refractivity contribution in [2.75, 3.05) is 31.1 Å². The first-order valence-corrected chi connectivity index (χ1v) is 9.65. The molecule has 1 amide bonds. The second-order valence-electron chi connectivity index (χ2n) is 6.44. The number of hydrogen-bond donors (Lipinski definition) is 0. The summed E-state index contributed by atoms with van der Waals surface area (Å²) >= 11 is 1.70. The van der Waals surface area contributed by atoms with Crippen molar-refractivity contribution in [2.24, 2.45) is 0 Å². The molecule has 26 heavy (non-hydrogen) atoms. The summed E-state index contributed by atoms with van der Waals surface area (Å²) in [4.78, 5) is 21.3. The maximum absolute atomic E-state index is 13.3. The molecule has 0 aliphatic carbocycles. The van der Waals surface area contributed by atoms with E-state index in [4.69, 9.17) is 4.98 Å². The number of piperazine rings is 1. The zero-order valence-electron chi connectivity index (χ0n) is 14.6. The van der Waals surface area contributed by atoms with Crippen LogP contribution in [0.25, 0.3) is 10.2 Å². The minimum Gasteiger partial charge on any atom is -0.345 e. The molecule has 6 heteroatoms. The van der Waals surface area contributed by atoms with Gasteiger partial charge >= 0.3 is 0 Å². The second kappa shape index (κ2) is 7.03. The number of aromatic nitrogens is 1. The van der Waals surface area contributed by atoms with Gasteiger partial charge in [-0.1, -0.05) is 30.4 Å². The molecule has 0 spiro atoms. The lowest BCUT2D eigenvalue weighted by Crippen LogP contribution is -2.48. The predicted molar refractivity (Wildman–Crippen MR) is 104 cm³/mol. The van der Waals surface area contributed by atoms with Crippen LogP contribution in [-0.2, 0) is 6.42 Å². The predicted octanol–water partition coefficient (Wildman–Crippen LogP) is 3.96. The Labute approximate surface area is 155 Å². The first-order valence-electron chi connectivity index (χ1n) is 8.83. The monoisotopic (exact) mass is 369 g/mol. The van der Waals surface area contributed by atoms with Gasteiger partial charge in [0.2, 0.25) is 0 Å². The van der Waals surface area contributed by atoms with E-state index >= 15 is 0 Å². The topological polar surface area (TPSA) is 36.4 Å². The van der Waals surface area contributed by atoms with E-state index in [9.17, 15) is 9.18 Å². The first kappa shape index (κ1) is 17.0. The summed E-state index contributed by atoms with van der Waals surface area (Å²) in [6.45, 7) is 4.86. The number of halogens is 1. The molecule has 0 unspecified atom stereocenters. The molecule has 0 bridgehead atoms. The average Bonchev–Trinajstić information content (AvgIpc) is 3.10. The van der Waals surface area contributed by atoms with E-state index in [0.717, 1.165) is 30.2 Å². The van der Waals surface area contributed by atoms with E-state index in [1.54, 1.807) is 28.4 Å². The molecule has 4 nitrogen and oxygen atoms in total. The molecule has 0 N–H and O–H groups in total. The van der Waals surface area contributed by atoms with Gasteiger partial charge in [-0.25, -0.2) is 9.37 Å². The Morgan fingerprint density at radius 1 is 1.15 bits per heavy atom. The third-order valence-electron chi connectivity index (χ3n) is 4.76. The van der Waals surface area contributed by atoms with Crippen LogP contribution in [0.2, 0.25) is 0 Å². The molecule has 2 aromatic carbocycles. The van der Waals surface area contributed by atoms with Crippen molar-refractivity contribution < 1.29 is 9.18 Å². The number of aryl methyl sites for hydroxylation is 1. The van der Waals surface area contributed by atoms with Gasteiger partial charge in [-0.3, -0.25) is 4.79 Å². The van der Waals surface area contributed by atoms with Crippen LogP contribution in [0.5, 0.6) is 0 Å². The molecular weight excluding hydrogens is 349 g/mol. The molecule has 1 fully saturated rings. The average molecular weight is 369 g/mol. The zero-order valence-corrected chi connectivity index (χ0v) is 15.4. The molecule has 1 aliphatic rings. The van der Waals surface area contributed by atoms with Crippen molar-refractivity contribution in [3.05, 3.63) is 59.4 Å². The molecule has 1 aliphatic heterocycles. The van der Waals surface area contributed by atoms with Crippen molar-refractivity contribution in [1.29, 1.82) is 0 Å². The second-order valence-corrected chi connectivity index (χ2v) is 7.45. The Balaban J connectivity index is 1.45. The van der Waals surface area contributed by atoms with Crippen LogP contribution in [0, 0.1) is 5.82 Å². The molecule has 0 atom stereocenters. The standard InChI is InChI=1S/C20H20FN3OS/c1-2-14-6-7-17-18(12-14)26-20(22-17)24-10-8-23(9-11-24)19(25)15-4-3-5-16(21)13-15/h3-7,12-13H,2,8-11H2,1H3. The van der Waals surface area contributed by atoms with Gasteiger partial charge in [-0.05, 0) is 42.3 Å². The van der Waals surface area contributed by atoms with Gasteiger partial charge in [0.1, 0.15) is 5.82 Å². The summed E-state index contributed by atoms with van der Waals surface area (Å²) < 4.78 is 14.6. The van der Waals surface area contributed by atoms with Crippen LogP contribution < -0.4 is 4.90 Å². The van der Waals surface area contributed by atoms with Crippen molar-refractivity contribution in [2.45, 2.75) is 13.3 Å². The van der Waals surface area contributed by atoms with Gasteiger partial charge < -0.3 is 9.80 Å². The molecule has 2 heterocycles. The molecule has 3 aromatic rings. The number of nitrogens with zero attached hydrogens (tertiary/aromatic N) is 3. The molecule has 0 radical (unpaired) electrons. The minimum atomic E-state index is -0.379. The lowest BCUT2D eigenvalue weighted by atomic mass is 10.2. The highest BCUT2D eigenvalue weighted by atomic mass is 32.1. The van der Waals surface area contributed by atoms with E-state index in [2.05, 4.69) is 30.0 Å². The number of thiazole rings is 1. The molecule has 134 valence electrons. The van der Waals surface area contributed by atoms with Gasteiger partial charge in [0, 0.05) is 31.7 Å². The van der Waals surface area contributed by atoms with Crippen molar-refractivity contribution in [3.63, 3.8) is 0 Å². The number of hydrogen-bond acceptors (Lipinski definition) is 4. The van der Waals surface area contributed by atoms with Crippen LogP contribution in [0.4, 0.5) is 9.52 Å². The quantitative estimate of drug-likeness (QED) is 0.701. The number of amides is 1. The normalized spacial score (nSPS) is 14.8. The largest absolute Gasteiger partial charge is 0.345 e. The Morgan fingerprint density at radius 2 is 1.96 bits per heavy atom. The van der Waals surface area contributed by atoms with Gasteiger partial charge in [0.15, 0.2) is 5.13 Å². The number of rotatable bonds is 3. The lowest BCUT2D eigenvalue weighted by Gasteiger charge is -2.34. The van der Waals surface area contributed by atoms with Crippen LogP contribution in [0.1, 0.15) is 22.8 Å².